The van der Waals surface area contributed by atoms with Crippen molar-refractivity contribution in [3.63, 3.8) is 0 Å². The van der Waals surface area contributed by atoms with Gasteiger partial charge in [-0.15, -0.1) is 0 Å². The molecule has 0 aromatic carbocycles. The molecule has 0 bridgehead atoms. The summed E-state index contributed by atoms with van der Waals surface area (Å²) < 4.78 is 60.7. The van der Waals surface area contributed by atoms with Gasteiger partial charge in [-0.05, 0) is 64.2 Å². The summed E-state index contributed by atoms with van der Waals surface area (Å²) in [5, 5.41) is 20.5. The maximum atomic E-state index is 12.8. The highest BCUT2D eigenvalue weighted by molar-refractivity contribution is 7.47. The van der Waals surface area contributed by atoms with Crippen LogP contribution in [0.15, 0.2) is 48.6 Å². The first-order valence-electron chi connectivity index (χ1n) is 33.9. The zero-order valence-electron chi connectivity index (χ0n) is 53.8. The van der Waals surface area contributed by atoms with E-state index < -0.39 is 91.5 Å². The van der Waals surface area contributed by atoms with Crippen molar-refractivity contribution in [1.82, 2.24) is 0 Å². The van der Waals surface area contributed by atoms with E-state index in [9.17, 15) is 43.5 Å². The van der Waals surface area contributed by atoms with Gasteiger partial charge in [0.1, 0.15) is 25.4 Å². The van der Waals surface area contributed by atoms with Crippen molar-refractivity contribution in [1.29, 1.82) is 0 Å². The molecule has 0 fully saturated rings. The number of unbranched alkanes of at least 4 members (excludes halogenated alkanes) is 34. The molecule has 0 aromatic rings. The minimum atomic E-state index is -4.90. The highest BCUT2D eigenvalue weighted by Gasteiger charge is 2.29. The van der Waals surface area contributed by atoms with Crippen molar-refractivity contribution in [2.45, 2.75) is 322 Å². The Hall–Kier alpha value is -2.49. The number of esters is 3. The van der Waals surface area contributed by atoms with Crippen molar-refractivity contribution in [3.05, 3.63) is 48.6 Å². The third-order valence-corrected chi connectivity index (χ3v) is 16.5. The summed E-state index contributed by atoms with van der Waals surface area (Å²) in [7, 11) is -9.74. The van der Waals surface area contributed by atoms with Gasteiger partial charge in [-0.2, -0.15) is 0 Å². The maximum absolute atomic E-state index is 12.8. The lowest BCUT2D eigenvalue weighted by molar-refractivity contribution is -0.161. The second kappa shape index (κ2) is 61.7. The van der Waals surface area contributed by atoms with Crippen LogP contribution in [0, 0.1) is 0 Å². The summed E-state index contributed by atoms with van der Waals surface area (Å²) in [5.41, 5.74) is 0. The highest BCUT2D eigenvalue weighted by atomic mass is 31.2. The molecular weight excluding hydrogens is 1120 g/mol. The number of rotatable bonds is 65. The number of aliphatic hydroxyl groups excluding tert-OH is 2. The number of hydrogen-bond acceptors (Lipinski definition) is 14. The van der Waals surface area contributed by atoms with Gasteiger partial charge in [-0.1, -0.05) is 268 Å². The van der Waals surface area contributed by atoms with Crippen LogP contribution in [0.1, 0.15) is 303 Å². The zero-order valence-corrected chi connectivity index (χ0v) is 55.6. The Morgan fingerprint density at radius 3 is 0.953 bits per heavy atom. The predicted molar refractivity (Wildman–Crippen MR) is 344 cm³/mol. The van der Waals surface area contributed by atoms with E-state index in [1.54, 1.807) is 0 Å². The van der Waals surface area contributed by atoms with Crippen LogP contribution in [0.4, 0.5) is 0 Å². The van der Waals surface area contributed by atoms with Crippen LogP contribution in [0.2, 0.25) is 0 Å². The lowest BCUT2D eigenvalue weighted by Gasteiger charge is -2.21. The van der Waals surface area contributed by atoms with Crippen molar-refractivity contribution < 1.29 is 75.8 Å². The Balaban J connectivity index is 4.38. The Bertz CT molecular complexity index is 1760. The summed E-state index contributed by atoms with van der Waals surface area (Å²) in [6.45, 7) is 2.65. The molecule has 0 aliphatic heterocycles. The van der Waals surface area contributed by atoms with Crippen LogP contribution in [-0.2, 0) is 55.8 Å². The molecule has 4 N–H and O–H groups in total. The van der Waals surface area contributed by atoms with E-state index in [1.165, 1.54) is 154 Å². The summed E-state index contributed by atoms with van der Waals surface area (Å²) in [6.07, 6.45) is 60.5. The molecule has 18 heteroatoms. The number of carbonyl (C=O) groups excluding carboxylic acids is 3. The number of ether oxygens (including phenoxy) is 3. The average molecular weight is 1250 g/mol. The lowest BCUT2D eigenvalue weighted by Crippen LogP contribution is -2.30. The van der Waals surface area contributed by atoms with Gasteiger partial charge in [0.25, 0.3) is 0 Å². The molecule has 0 amide bonds. The van der Waals surface area contributed by atoms with Gasteiger partial charge in [-0.3, -0.25) is 32.5 Å². The van der Waals surface area contributed by atoms with E-state index in [4.69, 9.17) is 32.3 Å². The van der Waals surface area contributed by atoms with Gasteiger partial charge in [0.05, 0.1) is 26.4 Å². The van der Waals surface area contributed by atoms with E-state index in [1.807, 2.05) is 0 Å². The van der Waals surface area contributed by atoms with Gasteiger partial charge < -0.3 is 34.2 Å². The first-order chi connectivity index (χ1) is 41.2. The Morgan fingerprint density at radius 1 is 0.329 bits per heavy atom. The molecule has 0 aliphatic carbocycles. The van der Waals surface area contributed by atoms with Gasteiger partial charge in [0, 0.05) is 19.3 Å². The number of aliphatic hydroxyl groups is 2. The van der Waals surface area contributed by atoms with E-state index in [0.29, 0.717) is 19.3 Å². The average Bonchev–Trinajstić information content (AvgIpc) is 3.55. The van der Waals surface area contributed by atoms with Gasteiger partial charge >= 0.3 is 33.6 Å². The summed E-state index contributed by atoms with van der Waals surface area (Å²) in [6, 6.07) is 0. The summed E-state index contributed by atoms with van der Waals surface area (Å²) in [4.78, 5) is 58.1. The number of allylic oxidation sites excluding steroid dienone is 8. The molecule has 5 atom stereocenters. The molecule has 85 heavy (non-hydrogen) atoms. The SMILES string of the molecule is CCCCC/C=C\C/C=C\C/C=C\C/C=C\CCCCCCCCCCCCCC(=O)OCC(O)COP(=O)(O)OCC(O)COP(=O)(O)OCC(COC(=O)CCCCCCCCCCCCC)OC(=O)CCCCCCCCCCCCC. The second-order valence-corrected chi connectivity index (χ2v) is 25.9. The first-order valence-corrected chi connectivity index (χ1v) is 36.9. The molecule has 0 saturated carbocycles. The van der Waals surface area contributed by atoms with Crippen LogP contribution in [0.5, 0.6) is 0 Å². The van der Waals surface area contributed by atoms with Crippen molar-refractivity contribution in [2.24, 2.45) is 0 Å². The summed E-state index contributed by atoms with van der Waals surface area (Å²) >= 11 is 0. The highest BCUT2D eigenvalue weighted by Crippen LogP contribution is 2.45. The van der Waals surface area contributed by atoms with E-state index in [0.717, 1.165) is 89.9 Å². The third-order valence-electron chi connectivity index (χ3n) is 14.6. The zero-order chi connectivity index (χ0) is 62.4. The predicted octanol–water partition coefficient (Wildman–Crippen LogP) is 18.4. The minimum absolute atomic E-state index is 0.113. The normalized spacial score (nSPS) is 14.6. The van der Waals surface area contributed by atoms with Crippen LogP contribution in [0.25, 0.3) is 0 Å². The van der Waals surface area contributed by atoms with Gasteiger partial charge in [0.2, 0.25) is 0 Å². The smallest absolute Gasteiger partial charge is 0.463 e. The van der Waals surface area contributed by atoms with E-state index >= 15 is 0 Å². The Labute approximate surface area is 517 Å². The first kappa shape index (κ1) is 82.5. The van der Waals surface area contributed by atoms with E-state index in [2.05, 4.69) is 69.4 Å². The topological polar surface area (TPSA) is 231 Å². The van der Waals surface area contributed by atoms with Gasteiger partial charge in [0.15, 0.2) is 6.10 Å². The van der Waals surface area contributed by atoms with Crippen LogP contribution >= 0.6 is 15.6 Å². The van der Waals surface area contributed by atoms with Crippen molar-refractivity contribution in [2.75, 3.05) is 39.6 Å². The van der Waals surface area contributed by atoms with Crippen molar-refractivity contribution in [3.8, 4) is 0 Å². The number of phosphoric ester groups is 2. The number of hydrogen-bond donors (Lipinski definition) is 4. The molecule has 0 spiro atoms. The largest absolute Gasteiger partial charge is 0.472 e. The van der Waals surface area contributed by atoms with Crippen molar-refractivity contribution >= 4 is 33.6 Å². The minimum Gasteiger partial charge on any atom is -0.463 e. The third kappa shape index (κ3) is 62.9. The molecular formula is C67H124O16P2. The quantitative estimate of drug-likeness (QED) is 0.0146. The van der Waals surface area contributed by atoms with Crippen LogP contribution in [0.3, 0.4) is 0 Å². The number of phosphoric acid groups is 2. The van der Waals surface area contributed by atoms with Crippen LogP contribution < -0.4 is 0 Å². The Morgan fingerprint density at radius 2 is 0.588 bits per heavy atom. The van der Waals surface area contributed by atoms with E-state index in [-0.39, 0.29) is 19.3 Å². The summed E-state index contributed by atoms with van der Waals surface area (Å²) in [5.74, 6) is -1.56. The molecule has 5 unspecified atom stereocenters. The molecule has 498 valence electrons. The van der Waals surface area contributed by atoms with Gasteiger partial charge in [-0.25, -0.2) is 9.13 Å². The standard InChI is InChI=1S/C67H124O16P2/c1-4-7-10-13-16-19-22-23-24-25-26-27-28-29-30-31-32-33-34-35-36-37-40-42-44-47-50-53-65(70)77-56-62(68)57-79-84(73,74)80-58-63(69)59-81-85(75,76)82-61-64(83-67(72)55-52-49-46-43-39-21-18-15-12-9-6-3)60-78-66(71)54-51-48-45-41-38-20-17-14-11-8-5-2/h16,19,23-24,26-27,29-30,62-64,68-69H,4-15,17-18,20-22,25,28,31-61H2,1-3H3,(H,73,74)(H,75,76)/b19-16-,24-23-,27-26-,30-29-. The van der Waals surface area contributed by atoms with Crippen LogP contribution in [-0.4, -0.2) is 95.9 Å². The molecule has 0 saturated heterocycles. The molecule has 0 heterocycles. The molecule has 0 aromatic heterocycles. The second-order valence-electron chi connectivity index (χ2n) is 23.0. The molecule has 16 nitrogen and oxygen atoms in total. The fourth-order valence-electron chi connectivity index (χ4n) is 9.32. The molecule has 0 rings (SSSR count). The maximum Gasteiger partial charge on any atom is 0.472 e. The molecule has 0 aliphatic rings. The number of carbonyl (C=O) groups is 3. The lowest BCUT2D eigenvalue weighted by atomic mass is 10.0. The molecule has 0 radical (unpaired) electrons. The monoisotopic (exact) mass is 1250 g/mol. The fraction of sp³-hybridized carbons (Fsp3) is 0.836. The Kier molecular flexibility index (Phi) is 59.9. The fourth-order valence-corrected chi connectivity index (χ4v) is 10.9.